The molecule has 4 nitrogen and oxygen atoms in total. The van der Waals surface area contributed by atoms with Crippen LogP contribution in [0.4, 0.5) is 0 Å². The van der Waals surface area contributed by atoms with E-state index in [4.69, 9.17) is 0 Å². The summed E-state index contributed by atoms with van der Waals surface area (Å²) in [5.41, 5.74) is 2.12. The maximum absolute atomic E-state index is 13.4. The molecule has 2 aliphatic rings. The van der Waals surface area contributed by atoms with Crippen molar-refractivity contribution >= 4 is 10.0 Å². The number of likely N-dealkylation sites (tertiary alicyclic amines) is 1. The Kier molecular flexibility index (Phi) is 5.62. The molecule has 0 atom stereocenters. The van der Waals surface area contributed by atoms with Crippen LogP contribution in [0.2, 0.25) is 0 Å². The van der Waals surface area contributed by atoms with Crippen LogP contribution in [0.3, 0.4) is 0 Å². The van der Waals surface area contributed by atoms with Gasteiger partial charge in [0.15, 0.2) is 0 Å². The maximum atomic E-state index is 13.4. The molecule has 1 heterocycles. The number of nitrogens with zero attached hydrogens (tertiary/aromatic N) is 2. The number of hydrogen-bond acceptors (Lipinski definition) is 3. The molecule has 0 amide bonds. The molecule has 5 heteroatoms. The normalized spacial score (nSPS) is 18.3. The van der Waals surface area contributed by atoms with Crippen molar-refractivity contribution in [2.45, 2.75) is 43.7 Å². The highest BCUT2D eigenvalue weighted by Gasteiger charge is 2.32. The SMILES string of the molecule is O=S(=O)(c1cccc(CN2CCCC2)c1)N(Cc1ccccc1)CC1CC1. The van der Waals surface area contributed by atoms with Gasteiger partial charge in [-0.3, -0.25) is 4.90 Å². The molecular formula is C22H28N2O2S. The largest absolute Gasteiger partial charge is 0.299 e. The molecule has 1 aliphatic heterocycles. The van der Waals surface area contributed by atoms with Gasteiger partial charge in [-0.25, -0.2) is 8.42 Å². The van der Waals surface area contributed by atoms with Gasteiger partial charge in [0.05, 0.1) is 4.90 Å². The van der Waals surface area contributed by atoms with Crippen LogP contribution in [0.15, 0.2) is 59.5 Å². The fraction of sp³-hybridized carbons (Fsp3) is 0.455. The van der Waals surface area contributed by atoms with Crippen molar-refractivity contribution < 1.29 is 8.42 Å². The second kappa shape index (κ2) is 8.13. The Balaban J connectivity index is 1.56. The highest BCUT2D eigenvalue weighted by atomic mass is 32.2. The molecule has 0 radical (unpaired) electrons. The van der Waals surface area contributed by atoms with E-state index in [0.29, 0.717) is 23.9 Å². The van der Waals surface area contributed by atoms with Crippen LogP contribution in [0.1, 0.15) is 36.8 Å². The van der Waals surface area contributed by atoms with Crippen LogP contribution in [0.5, 0.6) is 0 Å². The van der Waals surface area contributed by atoms with Crippen LogP contribution >= 0.6 is 0 Å². The van der Waals surface area contributed by atoms with Crippen LogP contribution in [0, 0.1) is 5.92 Å². The lowest BCUT2D eigenvalue weighted by Crippen LogP contribution is -2.32. The van der Waals surface area contributed by atoms with E-state index in [9.17, 15) is 8.42 Å². The Morgan fingerprint density at radius 2 is 1.63 bits per heavy atom. The van der Waals surface area contributed by atoms with E-state index in [2.05, 4.69) is 4.90 Å². The molecule has 2 aromatic carbocycles. The molecule has 1 aliphatic carbocycles. The third-order valence-electron chi connectivity index (χ3n) is 5.50. The molecule has 4 rings (SSSR count). The molecule has 0 unspecified atom stereocenters. The lowest BCUT2D eigenvalue weighted by molar-refractivity contribution is 0.331. The average molecular weight is 385 g/mol. The van der Waals surface area contributed by atoms with Gasteiger partial charge in [-0.15, -0.1) is 0 Å². The van der Waals surface area contributed by atoms with E-state index in [0.717, 1.165) is 43.6 Å². The van der Waals surface area contributed by atoms with Crippen LogP contribution in [-0.2, 0) is 23.1 Å². The zero-order chi connectivity index (χ0) is 18.7. The summed E-state index contributed by atoms with van der Waals surface area (Å²) in [6.07, 6.45) is 4.75. The lowest BCUT2D eigenvalue weighted by atomic mass is 10.2. The molecule has 27 heavy (non-hydrogen) atoms. The number of rotatable bonds is 8. The zero-order valence-electron chi connectivity index (χ0n) is 15.8. The predicted octanol–water partition coefficient (Wildman–Crippen LogP) is 3.88. The van der Waals surface area contributed by atoms with E-state index in [1.165, 1.54) is 12.8 Å². The van der Waals surface area contributed by atoms with E-state index in [-0.39, 0.29) is 0 Å². The molecule has 1 saturated carbocycles. The first-order valence-electron chi connectivity index (χ1n) is 9.97. The highest BCUT2D eigenvalue weighted by molar-refractivity contribution is 7.89. The minimum absolute atomic E-state index is 0.427. The summed E-state index contributed by atoms with van der Waals surface area (Å²) in [7, 11) is -3.50. The van der Waals surface area contributed by atoms with Crippen molar-refractivity contribution in [3.05, 3.63) is 65.7 Å². The second-order valence-corrected chi connectivity index (χ2v) is 9.80. The van der Waals surface area contributed by atoms with Crippen molar-refractivity contribution in [3.8, 4) is 0 Å². The monoisotopic (exact) mass is 384 g/mol. The topological polar surface area (TPSA) is 40.6 Å². The summed E-state index contributed by atoms with van der Waals surface area (Å²) in [5, 5.41) is 0. The number of sulfonamides is 1. The van der Waals surface area contributed by atoms with Crippen molar-refractivity contribution in [1.82, 2.24) is 9.21 Å². The van der Waals surface area contributed by atoms with Gasteiger partial charge in [0.2, 0.25) is 10.0 Å². The lowest BCUT2D eigenvalue weighted by Gasteiger charge is -2.23. The highest BCUT2D eigenvalue weighted by Crippen LogP contribution is 2.32. The van der Waals surface area contributed by atoms with Gasteiger partial charge in [-0.05, 0) is 68.0 Å². The van der Waals surface area contributed by atoms with Gasteiger partial charge in [0.25, 0.3) is 0 Å². The van der Waals surface area contributed by atoms with E-state index >= 15 is 0 Å². The number of hydrogen-bond donors (Lipinski definition) is 0. The zero-order valence-corrected chi connectivity index (χ0v) is 16.6. The summed E-state index contributed by atoms with van der Waals surface area (Å²) in [5.74, 6) is 0.510. The Morgan fingerprint density at radius 1 is 0.926 bits per heavy atom. The molecule has 0 spiro atoms. The smallest absolute Gasteiger partial charge is 0.243 e. The quantitative estimate of drug-likeness (QED) is 0.693. The molecule has 2 aromatic rings. The van der Waals surface area contributed by atoms with Gasteiger partial charge < -0.3 is 0 Å². The Hall–Kier alpha value is -1.69. The summed E-state index contributed by atoms with van der Waals surface area (Å²) >= 11 is 0. The first-order valence-corrected chi connectivity index (χ1v) is 11.4. The number of benzene rings is 2. The van der Waals surface area contributed by atoms with Crippen LogP contribution < -0.4 is 0 Å². The van der Waals surface area contributed by atoms with E-state index < -0.39 is 10.0 Å². The second-order valence-electron chi connectivity index (χ2n) is 7.86. The minimum atomic E-state index is -3.50. The molecule has 1 saturated heterocycles. The van der Waals surface area contributed by atoms with Gasteiger partial charge in [-0.1, -0.05) is 42.5 Å². The van der Waals surface area contributed by atoms with Crippen molar-refractivity contribution in [1.29, 1.82) is 0 Å². The Morgan fingerprint density at radius 3 is 2.33 bits per heavy atom. The molecule has 0 bridgehead atoms. The standard InChI is InChI=1S/C22H28N2O2S/c25-27(26,22-10-6-9-21(15-22)16-23-13-4-5-14-23)24(18-20-11-12-20)17-19-7-2-1-3-8-19/h1-3,6-10,15,20H,4-5,11-14,16-18H2. The van der Waals surface area contributed by atoms with Crippen molar-refractivity contribution in [2.75, 3.05) is 19.6 Å². The fourth-order valence-corrected chi connectivity index (χ4v) is 5.35. The summed E-state index contributed by atoms with van der Waals surface area (Å²) in [4.78, 5) is 2.83. The summed E-state index contributed by atoms with van der Waals surface area (Å²) < 4.78 is 28.5. The third-order valence-corrected chi connectivity index (χ3v) is 7.31. The first kappa shape index (κ1) is 18.7. The Bertz CT molecular complexity index is 857. The fourth-order valence-electron chi connectivity index (χ4n) is 3.78. The molecule has 0 N–H and O–H groups in total. The molecule has 0 aromatic heterocycles. The minimum Gasteiger partial charge on any atom is -0.299 e. The van der Waals surface area contributed by atoms with Crippen molar-refractivity contribution in [2.24, 2.45) is 5.92 Å². The average Bonchev–Trinajstić information content (AvgIpc) is 3.35. The van der Waals surface area contributed by atoms with Crippen molar-refractivity contribution in [3.63, 3.8) is 0 Å². The van der Waals surface area contributed by atoms with Gasteiger partial charge >= 0.3 is 0 Å². The molecule has 2 fully saturated rings. The summed E-state index contributed by atoms with van der Waals surface area (Å²) in [6.45, 7) is 4.12. The van der Waals surface area contributed by atoms with Crippen LogP contribution in [0.25, 0.3) is 0 Å². The molecule has 144 valence electrons. The summed E-state index contributed by atoms with van der Waals surface area (Å²) in [6, 6.07) is 17.4. The van der Waals surface area contributed by atoms with Gasteiger partial charge in [0, 0.05) is 19.6 Å². The van der Waals surface area contributed by atoms with Gasteiger partial charge in [0.1, 0.15) is 0 Å². The van der Waals surface area contributed by atoms with Crippen LogP contribution in [-0.4, -0.2) is 37.3 Å². The molecular weight excluding hydrogens is 356 g/mol. The predicted molar refractivity (Wildman–Crippen MR) is 108 cm³/mol. The van der Waals surface area contributed by atoms with Gasteiger partial charge in [-0.2, -0.15) is 4.31 Å². The third kappa shape index (κ3) is 4.78. The van der Waals surface area contributed by atoms with E-state index in [1.54, 1.807) is 10.4 Å². The Labute approximate surface area is 162 Å². The maximum Gasteiger partial charge on any atom is 0.243 e. The first-order chi connectivity index (χ1) is 13.1. The van der Waals surface area contributed by atoms with E-state index in [1.807, 2.05) is 48.5 Å².